The predicted octanol–water partition coefficient (Wildman–Crippen LogP) is 4.10. The molecule has 1 heterocycles. The third-order valence-corrected chi connectivity index (χ3v) is 5.09. The van der Waals surface area contributed by atoms with Crippen LogP contribution in [0.3, 0.4) is 0 Å². The van der Waals surface area contributed by atoms with Crippen molar-refractivity contribution in [2.24, 2.45) is 10.9 Å². The first-order valence-corrected chi connectivity index (χ1v) is 9.82. The van der Waals surface area contributed by atoms with Crippen LogP contribution in [0.15, 0.2) is 23.2 Å². The van der Waals surface area contributed by atoms with E-state index in [4.69, 9.17) is 4.99 Å². The first kappa shape index (κ1) is 23.2. The molecule has 1 aliphatic rings. The molecule has 1 aliphatic heterocycles. The van der Waals surface area contributed by atoms with E-state index < -0.39 is 0 Å². The quantitative estimate of drug-likeness (QED) is 0.372. The minimum absolute atomic E-state index is 0. The zero-order valence-electron chi connectivity index (χ0n) is 17.1. The minimum atomic E-state index is 0. The maximum Gasteiger partial charge on any atom is 0.191 e. The molecule has 0 radical (unpaired) electrons. The van der Waals surface area contributed by atoms with Gasteiger partial charge in [0.1, 0.15) is 0 Å². The molecule has 0 bridgehead atoms. The zero-order valence-corrected chi connectivity index (χ0v) is 19.5. The number of halogens is 1. The Hall–Kier alpha value is -0.820. The van der Waals surface area contributed by atoms with Gasteiger partial charge in [-0.3, -0.25) is 0 Å². The van der Waals surface area contributed by atoms with E-state index in [2.05, 4.69) is 68.4 Å². The lowest BCUT2D eigenvalue weighted by Gasteiger charge is -2.35. The molecular formula is C21H37IN4. The van der Waals surface area contributed by atoms with Crippen molar-refractivity contribution in [1.29, 1.82) is 0 Å². The number of aryl methyl sites for hydroxylation is 2. The molecule has 0 saturated carbocycles. The third-order valence-electron chi connectivity index (χ3n) is 5.09. The van der Waals surface area contributed by atoms with Crippen LogP contribution in [0.2, 0.25) is 0 Å². The van der Waals surface area contributed by atoms with Gasteiger partial charge in [0.05, 0.1) is 6.54 Å². The lowest BCUT2D eigenvalue weighted by Crippen LogP contribution is -2.46. The van der Waals surface area contributed by atoms with E-state index in [1.54, 1.807) is 0 Å². The Morgan fingerprint density at radius 3 is 2.69 bits per heavy atom. The molecule has 1 aromatic carbocycles. The summed E-state index contributed by atoms with van der Waals surface area (Å²) >= 11 is 0. The van der Waals surface area contributed by atoms with Crippen LogP contribution in [0.4, 0.5) is 0 Å². The van der Waals surface area contributed by atoms with Crippen molar-refractivity contribution in [2.45, 2.75) is 60.0 Å². The molecule has 1 saturated heterocycles. The van der Waals surface area contributed by atoms with Gasteiger partial charge >= 0.3 is 0 Å². The van der Waals surface area contributed by atoms with Gasteiger partial charge in [-0.1, -0.05) is 23.8 Å². The second kappa shape index (κ2) is 11.8. The maximum atomic E-state index is 4.79. The van der Waals surface area contributed by atoms with E-state index in [0.717, 1.165) is 25.6 Å². The molecule has 1 fully saturated rings. The predicted molar refractivity (Wildman–Crippen MR) is 124 cm³/mol. The Balaban J connectivity index is 0.00000338. The van der Waals surface area contributed by atoms with E-state index >= 15 is 0 Å². The highest BCUT2D eigenvalue weighted by atomic mass is 127. The summed E-state index contributed by atoms with van der Waals surface area (Å²) in [6.45, 7) is 16.1. The van der Waals surface area contributed by atoms with Gasteiger partial charge in [0, 0.05) is 25.7 Å². The van der Waals surface area contributed by atoms with Crippen molar-refractivity contribution < 1.29 is 0 Å². The molecule has 26 heavy (non-hydrogen) atoms. The van der Waals surface area contributed by atoms with Crippen molar-refractivity contribution in [3.63, 3.8) is 0 Å². The molecule has 1 aromatic rings. The van der Waals surface area contributed by atoms with E-state index in [1.807, 2.05) is 0 Å². The lowest BCUT2D eigenvalue weighted by atomic mass is 9.97. The van der Waals surface area contributed by atoms with Crippen molar-refractivity contribution in [3.05, 3.63) is 34.9 Å². The number of guanidine groups is 1. The standard InChI is InChI=1S/C21H36N4.HI/c1-6-22-21(24-14-20-10-9-17(4)12-18(20)5)23-13-19-8-7-11-25(15-19)16(2)3;/h9-10,12,16,19H,6-8,11,13-15H2,1-5H3,(H2,22,23,24);1H. The van der Waals surface area contributed by atoms with Crippen molar-refractivity contribution in [2.75, 3.05) is 26.2 Å². The van der Waals surface area contributed by atoms with Crippen LogP contribution in [0.5, 0.6) is 0 Å². The van der Waals surface area contributed by atoms with E-state index in [9.17, 15) is 0 Å². The average Bonchev–Trinajstić information content (AvgIpc) is 2.59. The second-order valence-corrected chi connectivity index (χ2v) is 7.60. The number of rotatable bonds is 6. The zero-order chi connectivity index (χ0) is 18.2. The maximum absolute atomic E-state index is 4.79. The smallest absolute Gasteiger partial charge is 0.191 e. The van der Waals surface area contributed by atoms with Gasteiger partial charge < -0.3 is 15.5 Å². The Kier molecular flexibility index (Phi) is 10.5. The number of likely N-dealkylation sites (tertiary alicyclic amines) is 1. The van der Waals surface area contributed by atoms with Gasteiger partial charge in [0.15, 0.2) is 5.96 Å². The number of aliphatic imine (C=N–C) groups is 1. The van der Waals surface area contributed by atoms with E-state index in [-0.39, 0.29) is 24.0 Å². The van der Waals surface area contributed by atoms with Gasteiger partial charge in [0.2, 0.25) is 0 Å². The van der Waals surface area contributed by atoms with Crippen LogP contribution >= 0.6 is 24.0 Å². The fraction of sp³-hybridized carbons (Fsp3) is 0.667. The molecule has 2 N–H and O–H groups in total. The van der Waals surface area contributed by atoms with Crippen LogP contribution in [0.25, 0.3) is 0 Å². The minimum Gasteiger partial charge on any atom is -0.357 e. The van der Waals surface area contributed by atoms with Crippen molar-refractivity contribution in [3.8, 4) is 0 Å². The summed E-state index contributed by atoms with van der Waals surface area (Å²) in [5, 5.41) is 6.95. The van der Waals surface area contributed by atoms with E-state index in [1.165, 1.54) is 42.6 Å². The highest BCUT2D eigenvalue weighted by Gasteiger charge is 2.21. The van der Waals surface area contributed by atoms with Crippen molar-refractivity contribution >= 4 is 29.9 Å². The molecule has 148 valence electrons. The molecular weight excluding hydrogens is 435 g/mol. The highest BCUT2D eigenvalue weighted by molar-refractivity contribution is 14.0. The summed E-state index contributed by atoms with van der Waals surface area (Å²) in [7, 11) is 0. The number of piperidine rings is 1. The van der Waals surface area contributed by atoms with Gasteiger partial charge in [0.25, 0.3) is 0 Å². The first-order valence-electron chi connectivity index (χ1n) is 9.82. The van der Waals surface area contributed by atoms with E-state index in [0.29, 0.717) is 12.0 Å². The molecule has 4 nitrogen and oxygen atoms in total. The number of nitrogens with one attached hydrogen (secondary N) is 2. The summed E-state index contributed by atoms with van der Waals surface area (Å²) < 4.78 is 0. The molecule has 5 heteroatoms. The Labute approximate surface area is 177 Å². The fourth-order valence-corrected chi connectivity index (χ4v) is 3.50. The molecule has 0 aliphatic carbocycles. The summed E-state index contributed by atoms with van der Waals surface area (Å²) in [6.07, 6.45) is 2.62. The fourth-order valence-electron chi connectivity index (χ4n) is 3.50. The topological polar surface area (TPSA) is 39.7 Å². The van der Waals surface area contributed by atoms with Crippen LogP contribution in [-0.4, -0.2) is 43.1 Å². The van der Waals surface area contributed by atoms with Crippen LogP contribution < -0.4 is 10.6 Å². The number of hydrogen-bond acceptors (Lipinski definition) is 2. The largest absolute Gasteiger partial charge is 0.357 e. The van der Waals surface area contributed by atoms with Crippen LogP contribution in [0, 0.1) is 19.8 Å². The van der Waals surface area contributed by atoms with Crippen LogP contribution in [0.1, 0.15) is 50.3 Å². The molecule has 1 unspecified atom stereocenters. The average molecular weight is 472 g/mol. The van der Waals surface area contributed by atoms with Gasteiger partial charge in [-0.05, 0) is 71.0 Å². The number of benzene rings is 1. The Bertz CT molecular complexity index is 571. The number of hydrogen-bond donors (Lipinski definition) is 2. The molecule has 0 aromatic heterocycles. The third kappa shape index (κ3) is 7.43. The normalized spacial score (nSPS) is 18.5. The lowest BCUT2D eigenvalue weighted by molar-refractivity contribution is 0.141. The Morgan fingerprint density at radius 1 is 1.27 bits per heavy atom. The first-order chi connectivity index (χ1) is 12.0. The molecule has 1 atom stereocenters. The highest BCUT2D eigenvalue weighted by Crippen LogP contribution is 2.17. The monoisotopic (exact) mass is 472 g/mol. The summed E-state index contributed by atoms with van der Waals surface area (Å²) in [5.74, 6) is 1.64. The molecule has 0 spiro atoms. The Morgan fingerprint density at radius 2 is 2.04 bits per heavy atom. The molecule has 0 amide bonds. The summed E-state index contributed by atoms with van der Waals surface area (Å²) in [6, 6.07) is 7.24. The van der Waals surface area contributed by atoms with Crippen LogP contribution in [-0.2, 0) is 6.54 Å². The number of nitrogens with zero attached hydrogens (tertiary/aromatic N) is 2. The van der Waals surface area contributed by atoms with Gasteiger partial charge in [-0.2, -0.15) is 0 Å². The van der Waals surface area contributed by atoms with Crippen molar-refractivity contribution in [1.82, 2.24) is 15.5 Å². The SMILES string of the molecule is CCNC(=NCc1ccc(C)cc1C)NCC1CCCN(C(C)C)C1.I. The van der Waals surface area contributed by atoms with Gasteiger partial charge in [-0.15, -0.1) is 24.0 Å². The van der Waals surface area contributed by atoms with Gasteiger partial charge in [-0.25, -0.2) is 4.99 Å². The summed E-state index contributed by atoms with van der Waals surface area (Å²) in [4.78, 5) is 7.39. The molecule has 2 rings (SSSR count). The second-order valence-electron chi connectivity index (χ2n) is 7.60. The summed E-state index contributed by atoms with van der Waals surface area (Å²) in [5.41, 5.74) is 3.92.